The van der Waals surface area contributed by atoms with Crippen LogP contribution in [-0.2, 0) is 4.79 Å². The molecule has 1 saturated carbocycles. The summed E-state index contributed by atoms with van der Waals surface area (Å²) in [5, 5.41) is 11.1. The van der Waals surface area contributed by atoms with Gasteiger partial charge in [-0.15, -0.1) is 5.10 Å². The Labute approximate surface area is 141 Å². The number of benzene rings is 1. The second-order valence-electron chi connectivity index (χ2n) is 7.01. The Morgan fingerprint density at radius 2 is 2.04 bits per heavy atom. The molecule has 1 spiro atoms. The zero-order chi connectivity index (χ0) is 16.6. The highest BCUT2D eigenvalue weighted by Crippen LogP contribution is 2.52. The van der Waals surface area contributed by atoms with Gasteiger partial charge in [-0.2, -0.15) is 0 Å². The Bertz CT molecular complexity index is 724. The van der Waals surface area contributed by atoms with E-state index in [9.17, 15) is 4.79 Å². The lowest BCUT2D eigenvalue weighted by Crippen LogP contribution is -2.47. The first-order chi connectivity index (χ1) is 11.7. The summed E-state index contributed by atoms with van der Waals surface area (Å²) in [6.45, 7) is 3.60. The number of rotatable bonds is 4. The van der Waals surface area contributed by atoms with Crippen molar-refractivity contribution in [3.8, 4) is 11.5 Å². The summed E-state index contributed by atoms with van der Waals surface area (Å²) in [6.07, 6.45) is 4.91. The second-order valence-corrected chi connectivity index (χ2v) is 7.01. The number of aromatic nitrogens is 2. The molecule has 1 aromatic carbocycles. The van der Waals surface area contributed by atoms with Gasteiger partial charge in [-0.05, 0) is 50.2 Å². The van der Waals surface area contributed by atoms with Gasteiger partial charge >= 0.3 is 6.01 Å². The maximum Gasteiger partial charge on any atom is 0.316 e. The van der Waals surface area contributed by atoms with E-state index >= 15 is 0 Å². The number of amides is 1. The standard InChI is InChI=1S/C18H22N4O2/c1-13(16(23)22-11-5-8-18(12-22)9-10-18)19-17-21-20-15(24-17)14-6-3-2-4-7-14/h2-4,6-7,13H,5,8-12H2,1H3,(H,19,21)/t13-/m1/s1. The number of carbonyl (C=O) groups excluding carboxylic acids is 1. The van der Waals surface area contributed by atoms with Crippen LogP contribution in [0.2, 0.25) is 0 Å². The van der Waals surface area contributed by atoms with Crippen molar-refractivity contribution in [2.75, 3.05) is 18.4 Å². The van der Waals surface area contributed by atoms with E-state index in [1.54, 1.807) is 0 Å². The SMILES string of the molecule is C[C@@H](Nc1nnc(-c2ccccc2)o1)C(=O)N1CCCC2(CC2)C1. The predicted molar refractivity (Wildman–Crippen MR) is 90.3 cm³/mol. The highest BCUT2D eigenvalue weighted by Gasteiger charge is 2.46. The molecule has 2 fully saturated rings. The van der Waals surface area contributed by atoms with E-state index in [4.69, 9.17) is 4.42 Å². The number of likely N-dealkylation sites (tertiary alicyclic amines) is 1. The molecule has 126 valence electrons. The average Bonchev–Trinajstić information content (AvgIpc) is 3.18. The van der Waals surface area contributed by atoms with Crippen LogP contribution < -0.4 is 5.32 Å². The molecular weight excluding hydrogens is 304 g/mol. The third-order valence-electron chi connectivity index (χ3n) is 5.09. The Hall–Kier alpha value is -2.37. The number of hydrogen-bond donors (Lipinski definition) is 1. The topological polar surface area (TPSA) is 71.3 Å². The van der Waals surface area contributed by atoms with Crippen LogP contribution in [0.1, 0.15) is 32.6 Å². The van der Waals surface area contributed by atoms with Gasteiger partial charge in [0.25, 0.3) is 0 Å². The van der Waals surface area contributed by atoms with Gasteiger partial charge in [-0.1, -0.05) is 23.3 Å². The number of carbonyl (C=O) groups is 1. The summed E-state index contributed by atoms with van der Waals surface area (Å²) in [5.74, 6) is 0.563. The summed E-state index contributed by atoms with van der Waals surface area (Å²) in [4.78, 5) is 14.7. The van der Waals surface area contributed by atoms with Gasteiger partial charge < -0.3 is 14.6 Å². The van der Waals surface area contributed by atoms with Crippen LogP contribution in [0, 0.1) is 5.41 Å². The molecule has 1 aliphatic carbocycles. The summed E-state index contributed by atoms with van der Waals surface area (Å²) in [5.41, 5.74) is 1.29. The first-order valence-electron chi connectivity index (χ1n) is 8.60. The summed E-state index contributed by atoms with van der Waals surface area (Å²) >= 11 is 0. The van der Waals surface area contributed by atoms with Crippen molar-refractivity contribution in [1.29, 1.82) is 0 Å². The number of nitrogens with one attached hydrogen (secondary N) is 1. The first kappa shape index (κ1) is 15.2. The van der Waals surface area contributed by atoms with Crippen molar-refractivity contribution in [2.45, 2.75) is 38.6 Å². The largest absolute Gasteiger partial charge is 0.403 e. The maximum absolute atomic E-state index is 12.7. The molecule has 1 atom stereocenters. The Morgan fingerprint density at radius 3 is 2.79 bits per heavy atom. The minimum absolute atomic E-state index is 0.112. The molecule has 4 rings (SSSR count). The Kier molecular flexibility index (Phi) is 3.75. The molecule has 1 aliphatic heterocycles. The molecular formula is C18H22N4O2. The molecule has 1 amide bonds. The molecule has 1 aromatic heterocycles. The van der Waals surface area contributed by atoms with Gasteiger partial charge in [0, 0.05) is 18.7 Å². The molecule has 2 aromatic rings. The van der Waals surface area contributed by atoms with Gasteiger partial charge in [-0.25, -0.2) is 0 Å². The molecule has 1 N–H and O–H groups in total. The zero-order valence-corrected chi connectivity index (χ0v) is 13.9. The number of hydrogen-bond acceptors (Lipinski definition) is 5. The van der Waals surface area contributed by atoms with Crippen molar-refractivity contribution < 1.29 is 9.21 Å². The van der Waals surface area contributed by atoms with E-state index in [1.807, 2.05) is 42.2 Å². The fraction of sp³-hybridized carbons (Fsp3) is 0.500. The van der Waals surface area contributed by atoms with Crippen LogP contribution in [0.5, 0.6) is 0 Å². The monoisotopic (exact) mass is 326 g/mol. The third kappa shape index (κ3) is 3.00. The highest BCUT2D eigenvalue weighted by molar-refractivity contribution is 5.84. The van der Waals surface area contributed by atoms with E-state index in [2.05, 4.69) is 15.5 Å². The van der Waals surface area contributed by atoms with E-state index < -0.39 is 0 Å². The number of piperidine rings is 1. The molecule has 2 heterocycles. The fourth-order valence-electron chi connectivity index (χ4n) is 3.48. The molecule has 0 radical (unpaired) electrons. The molecule has 1 saturated heterocycles. The minimum Gasteiger partial charge on any atom is -0.403 e. The van der Waals surface area contributed by atoms with Gasteiger partial charge in [0.05, 0.1) is 0 Å². The summed E-state index contributed by atoms with van der Waals surface area (Å²) < 4.78 is 5.63. The first-order valence-corrected chi connectivity index (χ1v) is 8.60. The zero-order valence-electron chi connectivity index (χ0n) is 13.9. The maximum atomic E-state index is 12.7. The van der Waals surface area contributed by atoms with E-state index in [0.29, 0.717) is 11.3 Å². The Balaban J connectivity index is 1.40. The second kappa shape index (κ2) is 5.92. The van der Waals surface area contributed by atoms with Crippen LogP contribution in [0.25, 0.3) is 11.5 Å². The minimum atomic E-state index is -0.372. The van der Waals surface area contributed by atoms with E-state index in [0.717, 1.165) is 25.1 Å². The summed E-state index contributed by atoms with van der Waals surface area (Å²) in [6, 6.07) is 9.51. The van der Waals surface area contributed by atoms with Gasteiger partial charge in [-0.3, -0.25) is 4.79 Å². The van der Waals surface area contributed by atoms with E-state index in [1.165, 1.54) is 19.3 Å². The van der Waals surface area contributed by atoms with E-state index in [-0.39, 0.29) is 18.0 Å². The predicted octanol–water partition coefficient (Wildman–Crippen LogP) is 2.94. The fourth-order valence-corrected chi connectivity index (χ4v) is 3.48. The van der Waals surface area contributed by atoms with Crippen LogP contribution >= 0.6 is 0 Å². The lowest BCUT2D eigenvalue weighted by atomic mass is 9.94. The van der Waals surface area contributed by atoms with Crippen molar-refractivity contribution in [1.82, 2.24) is 15.1 Å². The van der Waals surface area contributed by atoms with Crippen LogP contribution in [-0.4, -0.2) is 40.1 Å². The molecule has 6 heteroatoms. The quantitative estimate of drug-likeness (QED) is 0.935. The average molecular weight is 326 g/mol. The van der Waals surface area contributed by atoms with Gasteiger partial charge in [0.2, 0.25) is 11.8 Å². The molecule has 2 aliphatic rings. The van der Waals surface area contributed by atoms with Crippen molar-refractivity contribution in [3.63, 3.8) is 0 Å². The molecule has 0 unspecified atom stereocenters. The van der Waals surface area contributed by atoms with Crippen molar-refractivity contribution >= 4 is 11.9 Å². The van der Waals surface area contributed by atoms with Gasteiger partial charge in [0.1, 0.15) is 6.04 Å². The third-order valence-corrected chi connectivity index (χ3v) is 5.09. The molecule has 6 nitrogen and oxygen atoms in total. The molecule has 24 heavy (non-hydrogen) atoms. The van der Waals surface area contributed by atoms with Crippen molar-refractivity contribution in [3.05, 3.63) is 30.3 Å². The lowest BCUT2D eigenvalue weighted by Gasteiger charge is -2.34. The normalized spacial score (nSPS) is 20.0. The van der Waals surface area contributed by atoms with Crippen LogP contribution in [0.3, 0.4) is 0 Å². The van der Waals surface area contributed by atoms with Crippen LogP contribution in [0.15, 0.2) is 34.7 Å². The smallest absolute Gasteiger partial charge is 0.316 e. The molecule has 0 bridgehead atoms. The summed E-state index contributed by atoms with van der Waals surface area (Å²) in [7, 11) is 0. The Morgan fingerprint density at radius 1 is 1.25 bits per heavy atom. The highest BCUT2D eigenvalue weighted by atomic mass is 16.4. The lowest BCUT2D eigenvalue weighted by molar-refractivity contribution is -0.133. The van der Waals surface area contributed by atoms with Gasteiger partial charge in [0.15, 0.2) is 0 Å². The van der Waals surface area contributed by atoms with Crippen molar-refractivity contribution in [2.24, 2.45) is 5.41 Å². The number of anilines is 1. The van der Waals surface area contributed by atoms with Crippen LogP contribution in [0.4, 0.5) is 6.01 Å². The number of nitrogens with zero attached hydrogens (tertiary/aromatic N) is 3.